The van der Waals surface area contributed by atoms with E-state index in [0.29, 0.717) is 5.69 Å². The van der Waals surface area contributed by atoms with Gasteiger partial charge in [0.1, 0.15) is 11.4 Å². The molecule has 0 spiro atoms. The van der Waals surface area contributed by atoms with E-state index in [2.05, 4.69) is 41.8 Å². The fourth-order valence-electron chi connectivity index (χ4n) is 3.59. The second-order valence-corrected chi connectivity index (χ2v) is 7.34. The molecule has 0 heterocycles. The molecule has 4 aromatic carbocycles. The largest absolute Gasteiger partial charge is 0.394 e. The van der Waals surface area contributed by atoms with Gasteiger partial charge in [-0.05, 0) is 35.7 Å². The maximum absolute atomic E-state index is 11.8. The first-order chi connectivity index (χ1) is 14.5. The lowest BCUT2D eigenvalue weighted by molar-refractivity contribution is 0.516. The van der Waals surface area contributed by atoms with Crippen molar-refractivity contribution in [1.82, 2.24) is 5.32 Å². The van der Waals surface area contributed by atoms with Crippen LogP contribution in [-0.2, 0) is 0 Å². The number of nitrogens with two attached hydrogens (primary N) is 1. The molecule has 4 rings (SSSR count). The fraction of sp³-hybridized carbons (Fsp3) is 0.120. The maximum atomic E-state index is 11.8. The summed E-state index contributed by atoms with van der Waals surface area (Å²) in [4.78, 5) is 23.2. The third-order valence-corrected chi connectivity index (χ3v) is 5.29. The van der Waals surface area contributed by atoms with Crippen molar-refractivity contribution in [1.29, 1.82) is 0 Å². The molecule has 150 valence electrons. The van der Waals surface area contributed by atoms with E-state index in [0.717, 1.165) is 11.1 Å². The SMILES string of the molecule is C[C@H](NC(c1ccccc1)c1cccc(Nc2c(N)c(=O)c2=O)c1)c1ccccc1. The molecule has 4 aromatic rings. The molecule has 0 aliphatic rings. The van der Waals surface area contributed by atoms with Crippen LogP contribution in [0.4, 0.5) is 17.1 Å². The van der Waals surface area contributed by atoms with Gasteiger partial charge in [0.2, 0.25) is 0 Å². The Morgan fingerprint density at radius 3 is 1.97 bits per heavy atom. The van der Waals surface area contributed by atoms with Crippen LogP contribution in [0.25, 0.3) is 0 Å². The first-order valence-corrected chi connectivity index (χ1v) is 9.86. The Hall–Kier alpha value is -3.70. The van der Waals surface area contributed by atoms with Gasteiger partial charge in [0.05, 0.1) is 6.04 Å². The van der Waals surface area contributed by atoms with Gasteiger partial charge in [0, 0.05) is 11.7 Å². The van der Waals surface area contributed by atoms with Crippen LogP contribution >= 0.6 is 0 Å². The lowest BCUT2D eigenvalue weighted by Crippen LogP contribution is -2.36. The molecule has 0 bridgehead atoms. The van der Waals surface area contributed by atoms with E-state index in [1.54, 1.807) is 0 Å². The van der Waals surface area contributed by atoms with E-state index in [1.165, 1.54) is 5.56 Å². The van der Waals surface area contributed by atoms with Gasteiger partial charge >= 0.3 is 0 Å². The molecule has 0 radical (unpaired) electrons. The second kappa shape index (κ2) is 8.35. The third-order valence-electron chi connectivity index (χ3n) is 5.29. The van der Waals surface area contributed by atoms with Gasteiger partial charge in [-0.25, -0.2) is 0 Å². The summed E-state index contributed by atoms with van der Waals surface area (Å²) in [6.45, 7) is 2.14. The highest BCUT2D eigenvalue weighted by Crippen LogP contribution is 2.29. The molecular weight excluding hydrogens is 374 g/mol. The molecule has 30 heavy (non-hydrogen) atoms. The number of hydrogen-bond donors (Lipinski definition) is 3. The zero-order chi connectivity index (χ0) is 21.1. The highest BCUT2D eigenvalue weighted by atomic mass is 16.2. The van der Waals surface area contributed by atoms with Gasteiger partial charge in [0.25, 0.3) is 10.9 Å². The summed E-state index contributed by atoms with van der Waals surface area (Å²) in [6.07, 6.45) is 0. The lowest BCUT2D eigenvalue weighted by Gasteiger charge is -2.25. The minimum absolute atomic E-state index is 0.0131. The molecule has 2 atom stereocenters. The van der Waals surface area contributed by atoms with E-state index in [-0.39, 0.29) is 23.5 Å². The van der Waals surface area contributed by atoms with Gasteiger partial charge in [-0.3, -0.25) is 14.9 Å². The molecule has 5 heteroatoms. The van der Waals surface area contributed by atoms with Gasteiger partial charge in [0.15, 0.2) is 0 Å². The van der Waals surface area contributed by atoms with Crippen LogP contribution in [0.1, 0.15) is 35.7 Å². The Bertz CT molecular complexity index is 1210. The van der Waals surface area contributed by atoms with E-state index in [1.807, 2.05) is 60.7 Å². The van der Waals surface area contributed by atoms with E-state index < -0.39 is 10.9 Å². The fourth-order valence-corrected chi connectivity index (χ4v) is 3.59. The molecule has 0 aliphatic carbocycles. The Labute approximate surface area is 174 Å². The van der Waals surface area contributed by atoms with Crippen LogP contribution in [-0.4, -0.2) is 0 Å². The summed E-state index contributed by atoms with van der Waals surface area (Å²) < 4.78 is 0. The average Bonchev–Trinajstić information content (AvgIpc) is 2.81. The van der Waals surface area contributed by atoms with Crippen LogP contribution in [0.15, 0.2) is 94.5 Å². The minimum atomic E-state index is -0.630. The van der Waals surface area contributed by atoms with Crippen LogP contribution in [0.3, 0.4) is 0 Å². The van der Waals surface area contributed by atoms with E-state index in [4.69, 9.17) is 5.73 Å². The highest BCUT2D eigenvalue weighted by Gasteiger charge is 2.20. The van der Waals surface area contributed by atoms with Gasteiger partial charge in [-0.1, -0.05) is 72.8 Å². The topological polar surface area (TPSA) is 84.2 Å². The maximum Gasteiger partial charge on any atom is 0.253 e. The molecule has 0 amide bonds. The predicted octanol–water partition coefficient (Wildman–Crippen LogP) is 4.05. The highest BCUT2D eigenvalue weighted by molar-refractivity contribution is 5.76. The van der Waals surface area contributed by atoms with Crippen LogP contribution < -0.4 is 27.2 Å². The molecule has 0 aliphatic heterocycles. The monoisotopic (exact) mass is 397 g/mol. The average molecular weight is 397 g/mol. The Morgan fingerprint density at radius 1 is 0.733 bits per heavy atom. The van der Waals surface area contributed by atoms with Crippen molar-refractivity contribution in [2.75, 3.05) is 11.1 Å². The number of anilines is 3. The van der Waals surface area contributed by atoms with Crippen molar-refractivity contribution in [3.05, 3.63) is 122 Å². The molecular formula is C25H23N3O2. The standard InChI is InChI=1S/C25H23N3O2/c1-16(17-9-4-2-5-10-17)27-22(18-11-6-3-7-12-18)19-13-8-14-20(15-19)28-23-21(26)24(29)25(23)30/h2-16,22,27-28H,26H2,1H3/t16-,22?/m0/s1. The van der Waals surface area contributed by atoms with Crippen molar-refractivity contribution in [3.8, 4) is 0 Å². The normalized spacial score (nSPS) is 13.1. The van der Waals surface area contributed by atoms with Crippen molar-refractivity contribution in [2.45, 2.75) is 19.0 Å². The number of nitrogens with one attached hydrogen (secondary N) is 2. The van der Waals surface area contributed by atoms with Gasteiger partial charge in [-0.2, -0.15) is 0 Å². The third kappa shape index (κ3) is 3.88. The summed E-state index contributed by atoms with van der Waals surface area (Å²) >= 11 is 0. The van der Waals surface area contributed by atoms with Crippen molar-refractivity contribution in [3.63, 3.8) is 0 Å². The zero-order valence-corrected chi connectivity index (χ0v) is 16.6. The zero-order valence-electron chi connectivity index (χ0n) is 16.6. The molecule has 1 unspecified atom stereocenters. The number of rotatable bonds is 7. The van der Waals surface area contributed by atoms with Crippen LogP contribution in [0, 0.1) is 0 Å². The summed E-state index contributed by atoms with van der Waals surface area (Å²) in [5.74, 6) is 0. The molecule has 5 nitrogen and oxygen atoms in total. The molecule has 0 saturated carbocycles. The summed E-state index contributed by atoms with van der Waals surface area (Å²) in [6, 6.07) is 28.3. The molecule has 0 fully saturated rings. The van der Waals surface area contributed by atoms with Crippen molar-refractivity contribution < 1.29 is 0 Å². The first kappa shape index (κ1) is 19.6. The summed E-state index contributed by atoms with van der Waals surface area (Å²) in [7, 11) is 0. The predicted molar refractivity (Wildman–Crippen MR) is 122 cm³/mol. The summed E-state index contributed by atoms with van der Waals surface area (Å²) in [5, 5.41) is 6.71. The van der Waals surface area contributed by atoms with Gasteiger partial charge < -0.3 is 11.1 Å². The smallest absolute Gasteiger partial charge is 0.253 e. The summed E-state index contributed by atoms with van der Waals surface area (Å²) in [5.41, 5.74) is 8.68. The first-order valence-electron chi connectivity index (χ1n) is 9.86. The quantitative estimate of drug-likeness (QED) is 0.410. The van der Waals surface area contributed by atoms with E-state index >= 15 is 0 Å². The Balaban J connectivity index is 1.66. The minimum Gasteiger partial charge on any atom is -0.394 e. The molecule has 4 N–H and O–H groups in total. The number of hydrogen-bond acceptors (Lipinski definition) is 5. The lowest BCUT2D eigenvalue weighted by atomic mass is 9.96. The molecule has 0 aromatic heterocycles. The van der Waals surface area contributed by atoms with Crippen molar-refractivity contribution in [2.24, 2.45) is 0 Å². The Morgan fingerprint density at radius 2 is 1.33 bits per heavy atom. The van der Waals surface area contributed by atoms with Gasteiger partial charge in [-0.15, -0.1) is 0 Å². The number of nitrogen functional groups attached to an aromatic ring is 1. The molecule has 0 saturated heterocycles. The Kier molecular flexibility index (Phi) is 5.46. The second-order valence-electron chi connectivity index (χ2n) is 7.34. The van der Waals surface area contributed by atoms with Crippen LogP contribution in [0.2, 0.25) is 0 Å². The van der Waals surface area contributed by atoms with E-state index in [9.17, 15) is 9.59 Å². The van der Waals surface area contributed by atoms with Crippen molar-refractivity contribution >= 4 is 17.1 Å². The number of benzene rings is 3. The van der Waals surface area contributed by atoms with Crippen LogP contribution in [0.5, 0.6) is 0 Å².